The van der Waals surface area contributed by atoms with E-state index >= 15 is 0 Å². The fourth-order valence-corrected chi connectivity index (χ4v) is 3.14. The molecule has 26 heavy (non-hydrogen) atoms. The Balaban J connectivity index is 1.44. The second kappa shape index (κ2) is 6.96. The van der Waals surface area contributed by atoms with E-state index in [1.807, 2.05) is 60.7 Å². The van der Waals surface area contributed by atoms with Crippen molar-refractivity contribution in [3.05, 3.63) is 72.6 Å². The Hall–Kier alpha value is -3.21. The molecular formula is C21H20N4O. The summed E-state index contributed by atoms with van der Waals surface area (Å²) in [5.41, 5.74) is 9.15. The summed E-state index contributed by atoms with van der Waals surface area (Å²) in [7, 11) is 0. The zero-order valence-electron chi connectivity index (χ0n) is 14.4. The van der Waals surface area contributed by atoms with Crippen LogP contribution in [0.4, 0.5) is 11.5 Å². The number of ketones is 1. The Morgan fingerprint density at radius 3 is 2.54 bits per heavy atom. The quantitative estimate of drug-likeness (QED) is 0.770. The lowest BCUT2D eigenvalue weighted by molar-refractivity contribution is -0.122. The second-order valence-electron chi connectivity index (χ2n) is 6.53. The molecule has 3 aromatic rings. The van der Waals surface area contributed by atoms with E-state index in [0.29, 0.717) is 24.5 Å². The summed E-state index contributed by atoms with van der Waals surface area (Å²) in [5, 5.41) is 0. The number of carbonyl (C=O) groups is 1. The summed E-state index contributed by atoms with van der Waals surface area (Å²) >= 11 is 0. The Morgan fingerprint density at radius 1 is 1.04 bits per heavy atom. The van der Waals surface area contributed by atoms with E-state index < -0.39 is 0 Å². The van der Waals surface area contributed by atoms with Gasteiger partial charge >= 0.3 is 0 Å². The molecule has 2 aromatic heterocycles. The Kier molecular flexibility index (Phi) is 4.35. The first-order valence-corrected chi connectivity index (χ1v) is 8.70. The van der Waals surface area contributed by atoms with Gasteiger partial charge in [0.25, 0.3) is 0 Å². The molecule has 0 aliphatic carbocycles. The Morgan fingerprint density at radius 2 is 1.81 bits per heavy atom. The Labute approximate surface area is 152 Å². The lowest BCUT2D eigenvalue weighted by Gasteiger charge is -2.39. The molecule has 0 amide bonds. The van der Waals surface area contributed by atoms with Gasteiger partial charge in [0.1, 0.15) is 11.6 Å². The molecule has 0 radical (unpaired) electrons. The zero-order chi connectivity index (χ0) is 17.9. The molecule has 1 saturated heterocycles. The molecular weight excluding hydrogens is 324 g/mol. The number of pyridine rings is 2. The summed E-state index contributed by atoms with van der Waals surface area (Å²) in [5.74, 6) is 1.11. The first-order valence-electron chi connectivity index (χ1n) is 8.70. The van der Waals surface area contributed by atoms with E-state index in [9.17, 15) is 4.79 Å². The number of hydrogen-bond acceptors (Lipinski definition) is 5. The van der Waals surface area contributed by atoms with Crippen LogP contribution in [-0.4, -0.2) is 28.8 Å². The summed E-state index contributed by atoms with van der Waals surface area (Å²) in [6.45, 7) is 1.41. The fraction of sp³-hybridized carbons (Fsp3) is 0.190. The SMILES string of the molecule is Nc1ccc(-c2ccccc2)nc1CC(=O)C1CN(c2ccccn2)C1. The van der Waals surface area contributed by atoms with Gasteiger partial charge in [0.15, 0.2) is 0 Å². The second-order valence-corrected chi connectivity index (χ2v) is 6.53. The Bertz CT molecular complexity index is 906. The molecule has 1 aliphatic rings. The maximum absolute atomic E-state index is 12.6. The standard InChI is InChI=1S/C21H20N4O/c22-17-9-10-18(15-6-2-1-3-7-15)24-19(17)12-20(26)16-13-25(14-16)21-8-4-5-11-23-21/h1-11,16H,12-14,22H2. The normalized spacial score (nSPS) is 14.1. The molecule has 1 aliphatic heterocycles. The molecule has 5 heteroatoms. The predicted molar refractivity (Wildman–Crippen MR) is 103 cm³/mol. The smallest absolute Gasteiger partial charge is 0.145 e. The summed E-state index contributed by atoms with van der Waals surface area (Å²) in [4.78, 5) is 23.7. The van der Waals surface area contributed by atoms with E-state index in [1.165, 1.54) is 0 Å². The third-order valence-electron chi connectivity index (χ3n) is 4.73. The van der Waals surface area contributed by atoms with Crippen LogP contribution in [0.2, 0.25) is 0 Å². The number of benzene rings is 1. The third kappa shape index (κ3) is 3.28. The third-order valence-corrected chi connectivity index (χ3v) is 4.73. The van der Waals surface area contributed by atoms with Crippen LogP contribution in [0.15, 0.2) is 66.9 Å². The topological polar surface area (TPSA) is 72.1 Å². The van der Waals surface area contributed by atoms with Gasteiger partial charge in [0, 0.05) is 24.8 Å². The van der Waals surface area contributed by atoms with Crippen molar-refractivity contribution in [2.75, 3.05) is 23.7 Å². The number of Topliss-reactive ketones (excluding diaryl/α,β-unsaturated/α-hetero) is 1. The lowest BCUT2D eigenvalue weighted by Crippen LogP contribution is -2.51. The van der Waals surface area contributed by atoms with Crippen LogP contribution < -0.4 is 10.6 Å². The zero-order valence-corrected chi connectivity index (χ0v) is 14.4. The van der Waals surface area contributed by atoms with Crippen molar-refractivity contribution in [3.8, 4) is 11.3 Å². The van der Waals surface area contributed by atoms with E-state index in [2.05, 4.69) is 14.9 Å². The fourth-order valence-electron chi connectivity index (χ4n) is 3.14. The van der Waals surface area contributed by atoms with E-state index in [0.717, 1.165) is 17.1 Å². The number of hydrogen-bond donors (Lipinski definition) is 1. The molecule has 0 bridgehead atoms. The minimum atomic E-state index is 0.0126. The van der Waals surface area contributed by atoms with Gasteiger partial charge in [0.05, 0.1) is 29.4 Å². The van der Waals surface area contributed by atoms with Gasteiger partial charge < -0.3 is 10.6 Å². The molecule has 1 fully saturated rings. The van der Waals surface area contributed by atoms with Crippen molar-refractivity contribution in [1.29, 1.82) is 0 Å². The van der Waals surface area contributed by atoms with Crippen molar-refractivity contribution >= 4 is 17.3 Å². The van der Waals surface area contributed by atoms with Crippen molar-refractivity contribution in [1.82, 2.24) is 9.97 Å². The lowest BCUT2D eigenvalue weighted by atomic mass is 9.92. The van der Waals surface area contributed by atoms with Crippen molar-refractivity contribution in [2.45, 2.75) is 6.42 Å². The van der Waals surface area contributed by atoms with E-state index in [-0.39, 0.29) is 18.1 Å². The number of anilines is 2. The van der Waals surface area contributed by atoms with Gasteiger partial charge in [-0.3, -0.25) is 9.78 Å². The average molecular weight is 344 g/mol. The number of nitrogens with two attached hydrogens (primary N) is 1. The van der Waals surface area contributed by atoms with Crippen LogP contribution in [-0.2, 0) is 11.2 Å². The summed E-state index contributed by atoms with van der Waals surface area (Å²) < 4.78 is 0. The van der Waals surface area contributed by atoms with Crippen molar-refractivity contribution in [2.24, 2.45) is 5.92 Å². The maximum atomic E-state index is 12.6. The highest BCUT2D eigenvalue weighted by molar-refractivity contribution is 5.86. The van der Waals surface area contributed by atoms with Crippen LogP contribution in [0, 0.1) is 5.92 Å². The molecule has 130 valence electrons. The van der Waals surface area contributed by atoms with Gasteiger partial charge in [-0.1, -0.05) is 36.4 Å². The van der Waals surface area contributed by atoms with Gasteiger partial charge in [-0.05, 0) is 24.3 Å². The molecule has 3 heterocycles. The van der Waals surface area contributed by atoms with Crippen LogP contribution >= 0.6 is 0 Å². The molecule has 0 unspecified atom stereocenters. The summed E-state index contributed by atoms with van der Waals surface area (Å²) in [6.07, 6.45) is 2.04. The first-order chi connectivity index (χ1) is 12.7. The average Bonchev–Trinajstić information content (AvgIpc) is 2.64. The van der Waals surface area contributed by atoms with Gasteiger partial charge in [-0.15, -0.1) is 0 Å². The van der Waals surface area contributed by atoms with Crippen LogP contribution in [0.1, 0.15) is 5.69 Å². The van der Waals surface area contributed by atoms with E-state index in [4.69, 9.17) is 5.73 Å². The predicted octanol–water partition coefficient (Wildman–Crippen LogP) is 2.97. The highest BCUT2D eigenvalue weighted by Gasteiger charge is 2.33. The summed E-state index contributed by atoms with van der Waals surface area (Å²) in [6, 6.07) is 19.4. The van der Waals surface area contributed by atoms with Crippen LogP contribution in [0.3, 0.4) is 0 Å². The van der Waals surface area contributed by atoms with Crippen molar-refractivity contribution in [3.63, 3.8) is 0 Å². The van der Waals surface area contributed by atoms with Crippen molar-refractivity contribution < 1.29 is 4.79 Å². The largest absolute Gasteiger partial charge is 0.397 e. The number of nitrogen functional groups attached to an aromatic ring is 1. The molecule has 1 aromatic carbocycles. The van der Waals surface area contributed by atoms with Gasteiger partial charge in [-0.25, -0.2) is 4.98 Å². The number of carbonyl (C=O) groups excluding carboxylic acids is 1. The number of nitrogens with zero attached hydrogens (tertiary/aromatic N) is 3. The number of rotatable bonds is 5. The molecule has 0 spiro atoms. The molecule has 5 nitrogen and oxygen atoms in total. The molecule has 4 rings (SSSR count). The highest BCUT2D eigenvalue weighted by atomic mass is 16.1. The highest BCUT2D eigenvalue weighted by Crippen LogP contribution is 2.25. The minimum absolute atomic E-state index is 0.0126. The molecule has 2 N–H and O–H groups in total. The van der Waals surface area contributed by atoms with Crippen LogP contribution in [0.25, 0.3) is 11.3 Å². The maximum Gasteiger partial charge on any atom is 0.145 e. The molecule has 0 atom stereocenters. The van der Waals surface area contributed by atoms with Crippen LogP contribution in [0.5, 0.6) is 0 Å². The monoisotopic (exact) mass is 344 g/mol. The van der Waals surface area contributed by atoms with E-state index in [1.54, 1.807) is 6.20 Å². The number of aromatic nitrogens is 2. The van der Waals surface area contributed by atoms with Gasteiger partial charge in [0.2, 0.25) is 0 Å². The van der Waals surface area contributed by atoms with Gasteiger partial charge in [-0.2, -0.15) is 0 Å². The minimum Gasteiger partial charge on any atom is -0.397 e. The first kappa shape index (κ1) is 16.3. The molecule has 0 saturated carbocycles.